The van der Waals surface area contributed by atoms with Gasteiger partial charge in [-0.05, 0) is 25.5 Å². The van der Waals surface area contributed by atoms with Gasteiger partial charge >= 0.3 is 0 Å². The van der Waals surface area contributed by atoms with E-state index >= 15 is 0 Å². The van der Waals surface area contributed by atoms with Crippen molar-refractivity contribution in [1.29, 1.82) is 0 Å². The number of unbranched alkanes of at least 4 members (excludes halogenated alkanes) is 3. The maximum atomic E-state index is 8.61. The molecule has 1 aromatic heterocycles. The highest BCUT2D eigenvalue weighted by atomic mass is 32.2. The second kappa shape index (κ2) is 7.09. The Morgan fingerprint density at radius 2 is 2.07 bits per heavy atom. The van der Waals surface area contributed by atoms with E-state index in [2.05, 4.69) is 4.98 Å². The SMILES string of the molecule is Cc1nc(N)sc1SCCCCCCO. The molecule has 1 aromatic rings. The van der Waals surface area contributed by atoms with Gasteiger partial charge in [0.1, 0.15) is 0 Å². The monoisotopic (exact) mass is 246 g/mol. The highest BCUT2D eigenvalue weighted by molar-refractivity contribution is 8.01. The molecule has 1 heterocycles. The Morgan fingerprint density at radius 3 is 2.67 bits per heavy atom. The van der Waals surface area contributed by atoms with Crippen LogP contribution in [-0.4, -0.2) is 22.5 Å². The molecular weight excluding hydrogens is 228 g/mol. The van der Waals surface area contributed by atoms with Crippen molar-refractivity contribution in [2.45, 2.75) is 36.8 Å². The van der Waals surface area contributed by atoms with E-state index in [1.54, 1.807) is 11.3 Å². The van der Waals surface area contributed by atoms with Crippen molar-refractivity contribution in [2.75, 3.05) is 18.1 Å². The molecule has 5 heteroatoms. The first-order chi connectivity index (χ1) is 7.24. The molecule has 0 aromatic carbocycles. The van der Waals surface area contributed by atoms with E-state index in [-0.39, 0.29) is 0 Å². The lowest BCUT2D eigenvalue weighted by Gasteiger charge is -1.99. The molecule has 0 amide bonds. The smallest absolute Gasteiger partial charge is 0.181 e. The average molecular weight is 246 g/mol. The van der Waals surface area contributed by atoms with Gasteiger partial charge in [0.15, 0.2) is 5.13 Å². The molecule has 3 nitrogen and oxygen atoms in total. The molecule has 0 fully saturated rings. The van der Waals surface area contributed by atoms with Crippen LogP contribution in [0.15, 0.2) is 4.21 Å². The Morgan fingerprint density at radius 1 is 1.33 bits per heavy atom. The van der Waals surface area contributed by atoms with Crippen molar-refractivity contribution in [2.24, 2.45) is 0 Å². The minimum Gasteiger partial charge on any atom is -0.396 e. The van der Waals surface area contributed by atoms with Gasteiger partial charge in [0, 0.05) is 6.61 Å². The number of nitrogens with zero attached hydrogens (tertiary/aromatic N) is 1. The number of anilines is 1. The van der Waals surface area contributed by atoms with Gasteiger partial charge < -0.3 is 10.8 Å². The van der Waals surface area contributed by atoms with Gasteiger partial charge in [0.25, 0.3) is 0 Å². The Hall–Kier alpha value is -0.260. The molecule has 0 atom stereocenters. The molecule has 1 rings (SSSR count). The predicted molar refractivity (Wildman–Crippen MR) is 67.5 cm³/mol. The minimum absolute atomic E-state index is 0.317. The van der Waals surface area contributed by atoms with Gasteiger partial charge in [-0.1, -0.05) is 24.2 Å². The number of aliphatic hydroxyl groups is 1. The molecule has 86 valence electrons. The third-order valence-electron chi connectivity index (χ3n) is 2.06. The zero-order valence-corrected chi connectivity index (χ0v) is 10.7. The summed E-state index contributed by atoms with van der Waals surface area (Å²) < 4.78 is 1.25. The van der Waals surface area contributed by atoms with E-state index < -0.39 is 0 Å². The van der Waals surface area contributed by atoms with E-state index in [9.17, 15) is 0 Å². The molecule has 0 aliphatic carbocycles. The molecule has 0 spiro atoms. The van der Waals surface area contributed by atoms with Crippen molar-refractivity contribution in [3.05, 3.63) is 5.69 Å². The van der Waals surface area contributed by atoms with E-state index in [0.717, 1.165) is 24.3 Å². The average Bonchev–Trinajstić information content (AvgIpc) is 2.51. The summed E-state index contributed by atoms with van der Waals surface area (Å²) >= 11 is 3.41. The number of rotatable bonds is 7. The number of nitrogens with two attached hydrogens (primary N) is 1. The fourth-order valence-electron chi connectivity index (χ4n) is 1.27. The Balaban J connectivity index is 2.12. The zero-order valence-electron chi connectivity index (χ0n) is 9.03. The molecule has 0 radical (unpaired) electrons. The lowest BCUT2D eigenvalue weighted by atomic mass is 10.2. The van der Waals surface area contributed by atoms with Crippen molar-refractivity contribution in [3.8, 4) is 0 Å². The van der Waals surface area contributed by atoms with Crippen LogP contribution >= 0.6 is 23.1 Å². The summed E-state index contributed by atoms with van der Waals surface area (Å²) in [6, 6.07) is 0. The fourth-order valence-corrected chi connectivity index (χ4v) is 3.36. The maximum absolute atomic E-state index is 8.61. The van der Waals surface area contributed by atoms with E-state index in [1.807, 2.05) is 18.7 Å². The molecule has 0 unspecified atom stereocenters. The second-order valence-electron chi connectivity index (χ2n) is 3.41. The van der Waals surface area contributed by atoms with Crippen LogP contribution in [0.25, 0.3) is 0 Å². The third kappa shape index (κ3) is 4.86. The molecular formula is C10H18N2OS2. The summed E-state index contributed by atoms with van der Waals surface area (Å²) in [6.45, 7) is 2.32. The normalized spacial score (nSPS) is 10.8. The number of hydrogen-bond donors (Lipinski definition) is 2. The Bertz CT molecular complexity index is 289. The summed E-state index contributed by atoms with van der Waals surface area (Å²) in [5.74, 6) is 1.12. The number of thioether (sulfide) groups is 1. The fraction of sp³-hybridized carbons (Fsp3) is 0.700. The van der Waals surface area contributed by atoms with Gasteiger partial charge in [-0.3, -0.25) is 0 Å². The van der Waals surface area contributed by atoms with E-state index in [1.165, 1.54) is 17.1 Å². The van der Waals surface area contributed by atoms with E-state index in [4.69, 9.17) is 10.8 Å². The molecule has 3 N–H and O–H groups in total. The summed E-state index contributed by atoms with van der Waals surface area (Å²) in [5, 5.41) is 9.28. The second-order valence-corrected chi connectivity index (χ2v) is 5.81. The summed E-state index contributed by atoms with van der Waals surface area (Å²) in [6.07, 6.45) is 4.45. The highest BCUT2D eigenvalue weighted by Crippen LogP contribution is 2.31. The first-order valence-electron chi connectivity index (χ1n) is 5.20. The quantitative estimate of drug-likeness (QED) is 0.573. The van der Waals surface area contributed by atoms with Crippen LogP contribution in [0.1, 0.15) is 31.4 Å². The van der Waals surface area contributed by atoms with Gasteiger partial charge in [0.2, 0.25) is 0 Å². The van der Waals surface area contributed by atoms with Gasteiger partial charge in [-0.15, -0.1) is 11.8 Å². The van der Waals surface area contributed by atoms with Crippen LogP contribution in [0.2, 0.25) is 0 Å². The van der Waals surface area contributed by atoms with Crippen LogP contribution in [-0.2, 0) is 0 Å². The lowest BCUT2D eigenvalue weighted by molar-refractivity contribution is 0.283. The highest BCUT2D eigenvalue weighted by Gasteiger charge is 2.04. The topological polar surface area (TPSA) is 59.1 Å². The van der Waals surface area contributed by atoms with Gasteiger partial charge in [0.05, 0.1) is 9.90 Å². The number of aromatic nitrogens is 1. The molecule has 0 aliphatic rings. The van der Waals surface area contributed by atoms with Crippen molar-refractivity contribution >= 4 is 28.2 Å². The summed E-state index contributed by atoms with van der Waals surface area (Å²) in [5.41, 5.74) is 6.67. The van der Waals surface area contributed by atoms with E-state index in [0.29, 0.717) is 11.7 Å². The summed E-state index contributed by atoms with van der Waals surface area (Å²) in [4.78, 5) is 4.18. The van der Waals surface area contributed by atoms with Crippen LogP contribution in [0.4, 0.5) is 5.13 Å². The standard InChI is InChI=1S/C10H18N2OS2/c1-8-9(15-10(11)12-8)14-7-5-3-2-4-6-13/h13H,2-7H2,1H3,(H2,11,12). The number of aliphatic hydroxyl groups excluding tert-OH is 1. The van der Waals surface area contributed by atoms with Crippen molar-refractivity contribution in [1.82, 2.24) is 4.98 Å². The largest absolute Gasteiger partial charge is 0.396 e. The summed E-state index contributed by atoms with van der Waals surface area (Å²) in [7, 11) is 0. The van der Waals surface area contributed by atoms with Crippen LogP contribution in [0.5, 0.6) is 0 Å². The van der Waals surface area contributed by atoms with Crippen molar-refractivity contribution < 1.29 is 5.11 Å². The molecule has 0 aliphatic heterocycles. The van der Waals surface area contributed by atoms with Crippen LogP contribution in [0.3, 0.4) is 0 Å². The zero-order chi connectivity index (χ0) is 11.1. The molecule has 15 heavy (non-hydrogen) atoms. The maximum Gasteiger partial charge on any atom is 0.181 e. The van der Waals surface area contributed by atoms with Crippen LogP contribution < -0.4 is 5.73 Å². The Labute approximate surface area is 99.1 Å². The number of hydrogen-bond acceptors (Lipinski definition) is 5. The number of thiazole rings is 1. The minimum atomic E-state index is 0.317. The van der Waals surface area contributed by atoms with Crippen LogP contribution in [0, 0.1) is 6.92 Å². The van der Waals surface area contributed by atoms with Gasteiger partial charge in [-0.2, -0.15) is 0 Å². The molecule has 0 saturated heterocycles. The number of nitrogen functional groups attached to an aromatic ring is 1. The van der Waals surface area contributed by atoms with Gasteiger partial charge in [-0.25, -0.2) is 4.98 Å². The first-order valence-corrected chi connectivity index (χ1v) is 7.01. The van der Waals surface area contributed by atoms with Crippen molar-refractivity contribution in [3.63, 3.8) is 0 Å². The Kier molecular flexibility index (Phi) is 6.05. The third-order valence-corrected chi connectivity index (χ3v) is 4.49. The molecule has 0 saturated carbocycles. The number of aryl methyl sites for hydroxylation is 1. The lowest BCUT2D eigenvalue weighted by Crippen LogP contribution is -1.85. The first kappa shape index (κ1) is 12.8. The molecule has 0 bridgehead atoms. The predicted octanol–water partition coefficient (Wildman–Crippen LogP) is 2.68.